The van der Waals surface area contributed by atoms with Crippen molar-refractivity contribution in [3.05, 3.63) is 101 Å². The van der Waals surface area contributed by atoms with E-state index in [0.717, 1.165) is 27.8 Å². The highest BCUT2D eigenvalue weighted by Gasteiger charge is 2.50. The number of benzene rings is 2. The highest BCUT2D eigenvalue weighted by molar-refractivity contribution is 6.02. The lowest BCUT2D eigenvalue weighted by Gasteiger charge is -2.46. The Kier molecular flexibility index (Phi) is 8.25. The topological polar surface area (TPSA) is 80.6 Å². The van der Waals surface area contributed by atoms with Crippen molar-refractivity contribution < 1.29 is 28.2 Å². The zero-order chi connectivity index (χ0) is 31.8. The Balaban J connectivity index is 1.64. The van der Waals surface area contributed by atoms with E-state index in [1.54, 1.807) is 45.6 Å². The predicted octanol–water partition coefficient (Wildman–Crippen LogP) is 6.27. The maximum atomic E-state index is 14.7. The molecule has 1 aliphatic rings. The Labute approximate surface area is 257 Å². The van der Waals surface area contributed by atoms with Crippen molar-refractivity contribution in [3.63, 3.8) is 0 Å². The van der Waals surface area contributed by atoms with E-state index in [-0.39, 0.29) is 31.4 Å². The number of fused-ring (bicyclic) bond motifs is 1. The van der Waals surface area contributed by atoms with Crippen LogP contribution in [0.2, 0.25) is 0 Å². The quantitative estimate of drug-likeness (QED) is 0.253. The highest BCUT2D eigenvalue weighted by Crippen LogP contribution is 2.37. The van der Waals surface area contributed by atoms with Crippen molar-refractivity contribution in [1.29, 1.82) is 0 Å². The molecule has 4 aromatic rings. The van der Waals surface area contributed by atoms with Crippen molar-refractivity contribution in [2.24, 2.45) is 0 Å². The molecule has 0 saturated carbocycles. The first-order valence-electron chi connectivity index (χ1n) is 14.7. The maximum absolute atomic E-state index is 14.7. The fourth-order valence-electron chi connectivity index (χ4n) is 5.96. The van der Waals surface area contributed by atoms with Gasteiger partial charge in [-0.15, -0.1) is 0 Å². The number of carbonyl (C=O) groups is 3. The van der Waals surface area contributed by atoms with Gasteiger partial charge >= 0.3 is 12.1 Å². The van der Waals surface area contributed by atoms with Gasteiger partial charge in [0, 0.05) is 31.3 Å². The second-order valence-electron chi connectivity index (χ2n) is 12.3. The van der Waals surface area contributed by atoms with Gasteiger partial charge in [0.05, 0.1) is 19.2 Å². The number of aromatic nitrogens is 1. The average molecular weight is 600 g/mol. The number of carbonyl (C=O) groups excluding carboxylic acids is 3. The Morgan fingerprint density at radius 1 is 0.955 bits per heavy atom. The number of nitrogens with zero attached hydrogens (tertiary/aromatic N) is 3. The number of halogens is 1. The van der Waals surface area contributed by atoms with E-state index < -0.39 is 23.2 Å². The molecule has 3 heterocycles. The summed E-state index contributed by atoms with van der Waals surface area (Å²) in [5.41, 5.74) is 2.81. The van der Waals surface area contributed by atoms with Gasteiger partial charge in [-0.25, -0.2) is 14.0 Å². The largest absolute Gasteiger partial charge is 0.467 e. The summed E-state index contributed by atoms with van der Waals surface area (Å²) in [6.07, 6.45) is 1.50. The van der Waals surface area contributed by atoms with Crippen LogP contribution in [0.4, 0.5) is 9.18 Å². The number of rotatable bonds is 5. The lowest BCUT2D eigenvalue weighted by molar-refractivity contribution is -0.157. The number of pyridine rings is 1. The number of hydrogen-bond donors (Lipinski definition) is 0. The molecule has 0 N–H and O–H groups in total. The molecule has 0 spiro atoms. The minimum Gasteiger partial charge on any atom is -0.467 e. The van der Waals surface area contributed by atoms with Crippen LogP contribution in [0.15, 0.2) is 72.9 Å². The number of hydrogen-bond acceptors (Lipinski definition) is 5. The summed E-state index contributed by atoms with van der Waals surface area (Å²) in [4.78, 5) is 44.0. The molecular weight excluding hydrogens is 561 g/mol. The summed E-state index contributed by atoms with van der Waals surface area (Å²) in [5.74, 6) is -1.27. The summed E-state index contributed by atoms with van der Waals surface area (Å²) >= 11 is 0. The molecule has 1 aliphatic heterocycles. The summed E-state index contributed by atoms with van der Waals surface area (Å²) in [6, 6.07) is 20.5. The zero-order valence-electron chi connectivity index (χ0n) is 26.0. The summed E-state index contributed by atoms with van der Waals surface area (Å²) < 4.78 is 27.3. The molecule has 2 aromatic heterocycles. The van der Waals surface area contributed by atoms with Crippen molar-refractivity contribution >= 4 is 23.5 Å². The molecule has 2 aromatic carbocycles. The van der Waals surface area contributed by atoms with Crippen LogP contribution in [0.25, 0.3) is 16.6 Å². The lowest BCUT2D eigenvalue weighted by Crippen LogP contribution is -2.67. The van der Waals surface area contributed by atoms with Crippen LogP contribution in [0, 0.1) is 12.7 Å². The minimum atomic E-state index is -1.49. The van der Waals surface area contributed by atoms with Gasteiger partial charge in [-0.2, -0.15) is 0 Å². The Bertz CT molecular complexity index is 1730. The van der Waals surface area contributed by atoms with E-state index in [4.69, 9.17) is 9.47 Å². The minimum absolute atomic E-state index is 0.0689. The number of ether oxygens (including phenoxy) is 2. The van der Waals surface area contributed by atoms with E-state index in [2.05, 4.69) is 0 Å². The molecule has 0 aliphatic carbocycles. The molecule has 230 valence electrons. The standard InChI is InChI=1S/C35H38FN3O5/c1-23-25(15-12-16-27(23)36)21-26-29(24-13-8-7-9-14-24)28-17-10-11-18-38(28)30(26)31(40)37-19-20-39(33(42)44-34(2,3)4)35(5,22-37)32(41)43-6/h7-18H,19-22H2,1-6H3/t35-/m0/s1. The third-order valence-electron chi connectivity index (χ3n) is 8.17. The number of piperazine rings is 1. The van der Waals surface area contributed by atoms with Crippen LogP contribution < -0.4 is 0 Å². The molecule has 8 nitrogen and oxygen atoms in total. The number of esters is 1. The summed E-state index contributed by atoms with van der Waals surface area (Å²) in [5, 5.41) is 0. The third kappa shape index (κ3) is 5.66. The first-order valence-corrected chi connectivity index (χ1v) is 14.7. The first-order chi connectivity index (χ1) is 20.9. The van der Waals surface area contributed by atoms with Crippen molar-refractivity contribution in [3.8, 4) is 11.1 Å². The number of methoxy groups -OCH3 is 1. The average Bonchev–Trinajstić information content (AvgIpc) is 3.31. The second-order valence-corrected chi connectivity index (χ2v) is 12.3. The first kappa shape index (κ1) is 30.8. The molecule has 1 atom stereocenters. The van der Waals surface area contributed by atoms with Crippen LogP contribution in [0.5, 0.6) is 0 Å². The van der Waals surface area contributed by atoms with Crippen molar-refractivity contribution in [2.45, 2.75) is 52.2 Å². The lowest BCUT2D eigenvalue weighted by atomic mass is 9.92. The fourth-order valence-corrected chi connectivity index (χ4v) is 5.96. The van der Waals surface area contributed by atoms with Gasteiger partial charge in [-0.05, 0) is 75.1 Å². The zero-order valence-corrected chi connectivity index (χ0v) is 26.0. The Morgan fingerprint density at radius 3 is 2.34 bits per heavy atom. The van der Waals surface area contributed by atoms with Crippen LogP contribution in [-0.2, 0) is 20.7 Å². The van der Waals surface area contributed by atoms with Gasteiger partial charge in [-0.3, -0.25) is 9.69 Å². The molecule has 0 bridgehead atoms. The Hall–Kier alpha value is -4.66. The molecule has 1 fully saturated rings. The van der Waals surface area contributed by atoms with Crippen LogP contribution in [0.3, 0.4) is 0 Å². The summed E-state index contributed by atoms with van der Waals surface area (Å²) in [7, 11) is 1.26. The molecule has 9 heteroatoms. The monoisotopic (exact) mass is 599 g/mol. The highest BCUT2D eigenvalue weighted by atomic mass is 19.1. The van der Waals surface area contributed by atoms with Crippen molar-refractivity contribution in [1.82, 2.24) is 14.2 Å². The van der Waals surface area contributed by atoms with Crippen molar-refractivity contribution in [2.75, 3.05) is 26.7 Å². The van der Waals surface area contributed by atoms with Gasteiger partial charge < -0.3 is 18.8 Å². The van der Waals surface area contributed by atoms with Crippen LogP contribution in [-0.4, -0.2) is 70.1 Å². The molecule has 5 rings (SSSR count). The van der Waals surface area contributed by atoms with Gasteiger partial charge in [0.2, 0.25) is 0 Å². The van der Waals surface area contributed by atoms with Gasteiger partial charge in [-0.1, -0.05) is 48.5 Å². The fraction of sp³-hybridized carbons (Fsp3) is 0.343. The van der Waals surface area contributed by atoms with Gasteiger partial charge in [0.15, 0.2) is 5.54 Å². The maximum Gasteiger partial charge on any atom is 0.411 e. The van der Waals surface area contributed by atoms with Gasteiger partial charge in [0.1, 0.15) is 17.1 Å². The molecule has 0 unspecified atom stereocenters. The van der Waals surface area contributed by atoms with Crippen LogP contribution >= 0.6 is 0 Å². The van der Waals surface area contributed by atoms with E-state index in [1.807, 2.05) is 65.2 Å². The predicted molar refractivity (Wildman–Crippen MR) is 166 cm³/mol. The molecule has 1 saturated heterocycles. The van der Waals surface area contributed by atoms with Crippen LogP contribution in [0.1, 0.15) is 54.9 Å². The van der Waals surface area contributed by atoms with E-state index in [0.29, 0.717) is 17.7 Å². The number of amides is 2. The van der Waals surface area contributed by atoms with E-state index in [9.17, 15) is 18.8 Å². The molecule has 44 heavy (non-hydrogen) atoms. The van der Waals surface area contributed by atoms with Gasteiger partial charge in [0.25, 0.3) is 5.91 Å². The SMILES string of the molecule is COC(=O)[C@]1(C)CN(C(=O)c2c(Cc3cccc(F)c3C)c(-c3ccccc3)c3ccccn23)CCN1C(=O)OC(C)(C)C. The smallest absolute Gasteiger partial charge is 0.411 e. The third-order valence-corrected chi connectivity index (χ3v) is 8.17. The second kappa shape index (κ2) is 11.8. The molecular formula is C35H38FN3O5. The molecule has 2 amide bonds. The van der Waals surface area contributed by atoms with E-state index in [1.165, 1.54) is 18.1 Å². The van der Waals surface area contributed by atoms with E-state index >= 15 is 0 Å². The normalized spacial score (nSPS) is 17.1. The molecule has 0 radical (unpaired) electrons. The Morgan fingerprint density at radius 2 is 1.66 bits per heavy atom. The summed E-state index contributed by atoms with van der Waals surface area (Å²) in [6.45, 7) is 8.73.